The van der Waals surface area contributed by atoms with Gasteiger partial charge >= 0.3 is 0 Å². The van der Waals surface area contributed by atoms with Crippen molar-refractivity contribution in [2.24, 2.45) is 0 Å². The van der Waals surface area contributed by atoms with Crippen LogP contribution >= 0.6 is 0 Å². The summed E-state index contributed by atoms with van der Waals surface area (Å²) in [5.41, 5.74) is 2.20. The molecule has 0 spiro atoms. The Kier molecular flexibility index (Phi) is 2.82. The first kappa shape index (κ1) is 11.0. The second-order valence-electron chi connectivity index (χ2n) is 4.13. The molecule has 1 fully saturated rings. The van der Waals surface area contributed by atoms with Crippen LogP contribution in [-0.2, 0) is 4.84 Å². The first-order valence-electron chi connectivity index (χ1n) is 5.90. The fraction of sp³-hybridized carbons (Fsp3) is 0.231. The van der Waals surface area contributed by atoms with Crippen molar-refractivity contribution >= 4 is 5.91 Å². The van der Waals surface area contributed by atoms with Gasteiger partial charge in [-0.05, 0) is 12.5 Å². The third kappa shape index (κ3) is 2.00. The molecule has 0 atom stereocenters. The number of hydrogen-bond donors (Lipinski definition) is 1. The van der Waals surface area contributed by atoms with Crippen LogP contribution in [0.15, 0.2) is 36.4 Å². The zero-order valence-electron chi connectivity index (χ0n) is 9.80. The Bertz CT molecular complexity index is 544. The number of rotatable bonds is 2. The standard InChI is InChI=1S/C13H13N3O2/c17-13(16-7-4-8-18-16)12-9-11(14-15-12)10-5-2-1-3-6-10/h1-3,5-6,9H,4,7-8H2,(H,14,15). The minimum absolute atomic E-state index is 0.165. The van der Waals surface area contributed by atoms with E-state index in [0.29, 0.717) is 18.8 Å². The zero-order valence-corrected chi connectivity index (χ0v) is 9.80. The van der Waals surface area contributed by atoms with E-state index >= 15 is 0 Å². The molecule has 0 unspecified atom stereocenters. The van der Waals surface area contributed by atoms with E-state index in [1.54, 1.807) is 6.07 Å². The molecule has 3 rings (SSSR count). The molecular formula is C13H13N3O2. The van der Waals surface area contributed by atoms with E-state index in [9.17, 15) is 4.79 Å². The normalized spacial score (nSPS) is 15.0. The molecule has 0 saturated carbocycles. The van der Waals surface area contributed by atoms with Crippen molar-refractivity contribution in [3.8, 4) is 11.3 Å². The van der Waals surface area contributed by atoms with Crippen LogP contribution in [0.4, 0.5) is 0 Å². The van der Waals surface area contributed by atoms with Gasteiger partial charge in [-0.3, -0.25) is 14.7 Å². The lowest BCUT2D eigenvalue weighted by Crippen LogP contribution is -2.26. The molecule has 1 amide bonds. The fourth-order valence-electron chi connectivity index (χ4n) is 1.93. The highest BCUT2D eigenvalue weighted by Crippen LogP contribution is 2.18. The van der Waals surface area contributed by atoms with Gasteiger partial charge in [0.2, 0.25) is 0 Å². The Morgan fingerprint density at radius 2 is 2.17 bits per heavy atom. The molecule has 1 N–H and O–H groups in total. The number of hydrogen-bond acceptors (Lipinski definition) is 3. The van der Waals surface area contributed by atoms with Gasteiger partial charge in [-0.15, -0.1) is 0 Å². The molecular weight excluding hydrogens is 230 g/mol. The lowest BCUT2D eigenvalue weighted by molar-refractivity contribution is -0.0771. The second-order valence-corrected chi connectivity index (χ2v) is 4.13. The Hall–Kier alpha value is -2.14. The third-order valence-corrected chi connectivity index (χ3v) is 2.86. The van der Waals surface area contributed by atoms with Crippen molar-refractivity contribution < 1.29 is 9.63 Å². The SMILES string of the molecule is O=C(c1cc(-c2ccccc2)n[nH]1)N1CCCO1. The van der Waals surface area contributed by atoms with Crippen LogP contribution in [0.5, 0.6) is 0 Å². The summed E-state index contributed by atoms with van der Waals surface area (Å²) < 4.78 is 0. The molecule has 5 heteroatoms. The highest BCUT2D eigenvalue weighted by atomic mass is 16.7. The number of benzene rings is 1. The monoisotopic (exact) mass is 243 g/mol. The number of aromatic nitrogens is 2. The molecule has 5 nitrogen and oxygen atoms in total. The summed E-state index contributed by atoms with van der Waals surface area (Å²) in [6, 6.07) is 11.5. The van der Waals surface area contributed by atoms with Crippen LogP contribution < -0.4 is 0 Å². The number of nitrogens with one attached hydrogen (secondary N) is 1. The second kappa shape index (κ2) is 4.62. The van der Waals surface area contributed by atoms with E-state index in [1.807, 2.05) is 30.3 Å². The molecule has 18 heavy (non-hydrogen) atoms. The van der Waals surface area contributed by atoms with Gasteiger partial charge in [-0.1, -0.05) is 30.3 Å². The predicted octanol–water partition coefficient (Wildman–Crippen LogP) is 1.85. The molecule has 1 aromatic heterocycles. The van der Waals surface area contributed by atoms with Crippen molar-refractivity contribution in [2.45, 2.75) is 6.42 Å². The molecule has 1 aromatic carbocycles. The number of aromatic amines is 1. The van der Waals surface area contributed by atoms with E-state index in [1.165, 1.54) is 5.06 Å². The third-order valence-electron chi connectivity index (χ3n) is 2.86. The maximum Gasteiger partial charge on any atom is 0.295 e. The topological polar surface area (TPSA) is 58.2 Å². The van der Waals surface area contributed by atoms with Crippen LogP contribution in [0.3, 0.4) is 0 Å². The van der Waals surface area contributed by atoms with Crippen LogP contribution in [0.1, 0.15) is 16.9 Å². The van der Waals surface area contributed by atoms with Crippen LogP contribution in [0.2, 0.25) is 0 Å². The quantitative estimate of drug-likeness (QED) is 0.875. The minimum Gasteiger partial charge on any atom is -0.272 e. The molecule has 1 saturated heterocycles. The van der Waals surface area contributed by atoms with Crippen molar-refractivity contribution in [3.05, 3.63) is 42.1 Å². The van der Waals surface area contributed by atoms with Gasteiger partial charge in [0.05, 0.1) is 18.8 Å². The van der Waals surface area contributed by atoms with Crippen molar-refractivity contribution in [1.82, 2.24) is 15.3 Å². The summed E-state index contributed by atoms with van der Waals surface area (Å²) >= 11 is 0. The Labute approximate surface area is 104 Å². The number of amides is 1. The van der Waals surface area contributed by atoms with E-state index in [-0.39, 0.29) is 5.91 Å². The van der Waals surface area contributed by atoms with Crippen LogP contribution in [-0.4, -0.2) is 34.3 Å². The van der Waals surface area contributed by atoms with Gasteiger partial charge in [0, 0.05) is 5.56 Å². The van der Waals surface area contributed by atoms with Gasteiger partial charge in [-0.2, -0.15) is 5.10 Å². The molecule has 1 aliphatic rings. The number of hydroxylamine groups is 2. The van der Waals surface area contributed by atoms with Crippen LogP contribution in [0, 0.1) is 0 Å². The van der Waals surface area contributed by atoms with E-state index in [0.717, 1.165) is 17.7 Å². The number of H-pyrrole nitrogens is 1. The average Bonchev–Trinajstić information content (AvgIpc) is 3.10. The summed E-state index contributed by atoms with van der Waals surface area (Å²) in [5, 5.41) is 8.29. The Morgan fingerprint density at radius 3 is 2.89 bits per heavy atom. The molecule has 2 heterocycles. The molecule has 0 bridgehead atoms. The number of nitrogens with zero attached hydrogens (tertiary/aromatic N) is 2. The highest BCUT2D eigenvalue weighted by molar-refractivity contribution is 5.92. The summed E-state index contributed by atoms with van der Waals surface area (Å²) in [4.78, 5) is 17.2. The first-order chi connectivity index (χ1) is 8.84. The molecule has 1 aliphatic heterocycles. The lowest BCUT2D eigenvalue weighted by atomic mass is 10.1. The summed E-state index contributed by atoms with van der Waals surface area (Å²) in [5.74, 6) is -0.165. The van der Waals surface area contributed by atoms with Crippen LogP contribution in [0.25, 0.3) is 11.3 Å². The van der Waals surface area contributed by atoms with Crippen molar-refractivity contribution in [2.75, 3.05) is 13.2 Å². The zero-order chi connectivity index (χ0) is 12.4. The van der Waals surface area contributed by atoms with Crippen molar-refractivity contribution in [3.63, 3.8) is 0 Å². The maximum absolute atomic E-state index is 12.0. The van der Waals surface area contributed by atoms with E-state index < -0.39 is 0 Å². The predicted molar refractivity (Wildman–Crippen MR) is 65.6 cm³/mol. The highest BCUT2D eigenvalue weighted by Gasteiger charge is 2.22. The molecule has 0 aliphatic carbocycles. The lowest BCUT2D eigenvalue weighted by Gasteiger charge is -2.11. The first-order valence-corrected chi connectivity index (χ1v) is 5.90. The summed E-state index contributed by atoms with van der Waals surface area (Å²) in [6.07, 6.45) is 0.880. The van der Waals surface area contributed by atoms with Crippen molar-refractivity contribution in [1.29, 1.82) is 0 Å². The van der Waals surface area contributed by atoms with E-state index in [4.69, 9.17) is 4.84 Å². The summed E-state index contributed by atoms with van der Waals surface area (Å²) in [6.45, 7) is 1.24. The largest absolute Gasteiger partial charge is 0.295 e. The molecule has 92 valence electrons. The van der Waals surface area contributed by atoms with Gasteiger partial charge in [0.15, 0.2) is 0 Å². The summed E-state index contributed by atoms with van der Waals surface area (Å²) in [7, 11) is 0. The number of carbonyl (C=O) groups is 1. The Balaban J connectivity index is 1.83. The maximum atomic E-state index is 12.0. The van der Waals surface area contributed by atoms with Gasteiger partial charge in [0.25, 0.3) is 5.91 Å². The van der Waals surface area contributed by atoms with Gasteiger partial charge < -0.3 is 0 Å². The minimum atomic E-state index is -0.165. The Morgan fingerprint density at radius 1 is 1.33 bits per heavy atom. The smallest absolute Gasteiger partial charge is 0.272 e. The molecule has 0 radical (unpaired) electrons. The number of carbonyl (C=O) groups excluding carboxylic acids is 1. The molecule has 2 aromatic rings. The van der Waals surface area contributed by atoms with Gasteiger partial charge in [0.1, 0.15) is 5.69 Å². The average molecular weight is 243 g/mol. The fourth-order valence-corrected chi connectivity index (χ4v) is 1.93. The van der Waals surface area contributed by atoms with E-state index in [2.05, 4.69) is 10.2 Å². The van der Waals surface area contributed by atoms with Gasteiger partial charge in [-0.25, -0.2) is 5.06 Å².